The standard InChI is InChI=1S/C16H23BrO4/c1-3-9-16(2)13(12(10-17)14(18)21-16)15(19)20-11-7-5-4-6-8-11/h11H,3-10H2,1-2H3. The average molecular weight is 359 g/mol. The first kappa shape index (κ1) is 16.5. The van der Waals surface area contributed by atoms with Crippen molar-refractivity contribution in [2.24, 2.45) is 0 Å². The molecule has 0 aromatic carbocycles. The summed E-state index contributed by atoms with van der Waals surface area (Å²) in [5.41, 5.74) is -0.0238. The highest BCUT2D eigenvalue weighted by molar-refractivity contribution is 9.09. The number of ether oxygens (including phenoxy) is 2. The van der Waals surface area contributed by atoms with Gasteiger partial charge in [-0.1, -0.05) is 35.7 Å². The zero-order valence-corrected chi connectivity index (χ0v) is 14.3. The first-order valence-corrected chi connectivity index (χ1v) is 8.88. The molecule has 0 bridgehead atoms. The van der Waals surface area contributed by atoms with E-state index >= 15 is 0 Å². The van der Waals surface area contributed by atoms with Crippen LogP contribution in [0.15, 0.2) is 11.1 Å². The van der Waals surface area contributed by atoms with Crippen molar-refractivity contribution < 1.29 is 19.1 Å². The molecule has 0 radical (unpaired) electrons. The van der Waals surface area contributed by atoms with Gasteiger partial charge in [-0.2, -0.15) is 0 Å². The van der Waals surface area contributed by atoms with Crippen LogP contribution in [-0.4, -0.2) is 29.0 Å². The van der Waals surface area contributed by atoms with Gasteiger partial charge in [-0.05, 0) is 39.0 Å². The predicted octanol–water partition coefficient (Wildman–Crippen LogP) is 3.67. The summed E-state index contributed by atoms with van der Waals surface area (Å²) in [5.74, 6) is -0.781. The molecule has 1 atom stereocenters. The molecule has 0 aromatic rings. The van der Waals surface area contributed by atoms with Gasteiger partial charge in [-0.3, -0.25) is 0 Å². The van der Waals surface area contributed by atoms with Crippen LogP contribution in [0.2, 0.25) is 0 Å². The van der Waals surface area contributed by atoms with Crippen molar-refractivity contribution in [1.82, 2.24) is 0 Å². The maximum absolute atomic E-state index is 12.6. The lowest BCUT2D eigenvalue weighted by Crippen LogP contribution is -2.34. The van der Waals surface area contributed by atoms with E-state index in [2.05, 4.69) is 15.9 Å². The van der Waals surface area contributed by atoms with Crippen molar-refractivity contribution in [3.05, 3.63) is 11.1 Å². The molecule has 0 N–H and O–H groups in total. The molecule has 1 fully saturated rings. The number of hydrogen-bond acceptors (Lipinski definition) is 4. The quantitative estimate of drug-likeness (QED) is 0.555. The van der Waals surface area contributed by atoms with Crippen molar-refractivity contribution >= 4 is 27.9 Å². The summed E-state index contributed by atoms with van der Waals surface area (Å²) in [7, 11) is 0. The molecule has 5 heteroatoms. The number of alkyl halides is 1. The zero-order valence-electron chi connectivity index (χ0n) is 12.7. The van der Waals surface area contributed by atoms with Gasteiger partial charge in [0.05, 0.1) is 11.1 Å². The molecule has 4 nitrogen and oxygen atoms in total. The van der Waals surface area contributed by atoms with Crippen molar-refractivity contribution in [2.45, 2.75) is 70.5 Å². The van der Waals surface area contributed by atoms with Crippen LogP contribution in [0.25, 0.3) is 0 Å². The van der Waals surface area contributed by atoms with Gasteiger partial charge in [-0.15, -0.1) is 0 Å². The van der Waals surface area contributed by atoms with Crippen molar-refractivity contribution in [3.63, 3.8) is 0 Å². The second-order valence-corrected chi connectivity index (χ2v) is 6.58. The molecule has 2 rings (SSSR count). The van der Waals surface area contributed by atoms with E-state index in [4.69, 9.17) is 9.47 Å². The Morgan fingerprint density at radius 2 is 2.05 bits per heavy atom. The monoisotopic (exact) mass is 358 g/mol. The maximum Gasteiger partial charge on any atom is 0.338 e. The molecular weight excluding hydrogens is 336 g/mol. The van der Waals surface area contributed by atoms with Gasteiger partial charge in [0.25, 0.3) is 0 Å². The lowest BCUT2D eigenvalue weighted by atomic mass is 9.89. The molecule has 21 heavy (non-hydrogen) atoms. The Balaban J connectivity index is 2.20. The summed E-state index contributed by atoms with van der Waals surface area (Å²) in [6.45, 7) is 3.82. The summed E-state index contributed by atoms with van der Waals surface area (Å²) in [6.07, 6.45) is 6.69. The van der Waals surface area contributed by atoms with E-state index in [-0.39, 0.29) is 12.1 Å². The Hall–Kier alpha value is -0.840. The molecule has 1 aliphatic heterocycles. The molecule has 2 aliphatic rings. The first-order valence-electron chi connectivity index (χ1n) is 7.75. The number of carbonyl (C=O) groups excluding carboxylic acids is 2. The molecule has 1 heterocycles. The number of cyclic esters (lactones) is 1. The smallest absolute Gasteiger partial charge is 0.338 e. The summed E-state index contributed by atoms with van der Waals surface area (Å²) in [4.78, 5) is 24.6. The maximum atomic E-state index is 12.6. The van der Waals surface area contributed by atoms with Gasteiger partial charge in [0, 0.05) is 5.33 Å². The lowest BCUT2D eigenvalue weighted by molar-refractivity contribution is -0.151. The molecule has 1 unspecified atom stereocenters. The van der Waals surface area contributed by atoms with Gasteiger partial charge in [0.15, 0.2) is 0 Å². The third kappa shape index (κ3) is 3.50. The Morgan fingerprint density at radius 1 is 1.38 bits per heavy atom. The van der Waals surface area contributed by atoms with Crippen LogP contribution in [0.3, 0.4) is 0 Å². The highest BCUT2D eigenvalue weighted by atomic mass is 79.9. The van der Waals surface area contributed by atoms with Gasteiger partial charge >= 0.3 is 11.9 Å². The molecule has 0 spiro atoms. The fourth-order valence-corrected chi connectivity index (χ4v) is 3.75. The third-order valence-electron chi connectivity index (χ3n) is 4.29. The van der Waals surface area contributed by atoms with Crippen molar-refractivity contribution in [3.8, 4) is 0 Å². The van der Waals surface area contributed by atoms with E-state index in [1.807, 2.05) is 13.8 Å². The van der Waals surface area contributed by atoms with Crippen molar-refractivity contribution in [1.29, 1.82) is 0 Å². The number of carbonyl (C=O) groups is 2. The summed E-state index contributed by atoms with van der Waals surface area (Å²) in [6, 6.07) is 0. The minimum Gasteiger partial charge on any atom is -0.459 e. The Bertz CT molecular complexity index is 451. The molecule has 0 aromatic heterocycles. The number of halogens is 1. The highest BCUT2D eigenvalue weighted by Crippen LogP contribution is 2.38. The second kappa shape index (κ2) is 6.95. The summed E-state index contributed by atoms with van der Waals surface area (Å²) >= 11 is 3.29. The highest BCUT2D eigenvalue weighted by Gasteiger charge is 2.47. The Labute approximate surface area is 134 Å². The van der Waals surface area contributed by atoms with Gasteiger partial charge in [-0.25, -0.2) is 9.59 Å². The first-order chi connectivity index (χ1) is 10.0. The fourth-order valence-electron chi connectivity index (χ4n) is 3.25. The van der Waals surface area contributed by atoms with E-state index in [0.29, 0.717) is 22.9 Å². The van der Waals surface area contributed by atoms with E-state index in [9.17, 15) is 9.59 Å². The third-order valence-corrected chi connectivity index (χ3v) is 4.85. The van der Waals surface area contributed by atoms with E-state index < -0.39 is 11.6 Å². The zero-order chi connectivity index (χ0) is 15.5. The van der Waals surface area contributed by atoms with Gasteiger partial charge < -0.3 is 9.47 Å². The Kier molecular flexibility index (Phi) is 5.47. The van der Waals surface area contributed by atoms with Crippen LogP contribution in [0.1, 0.15) is 58.8 Å². The van der Waals surface area contributed by atoms with Crippen molar-refractivity contribution in [2.75, 3.05) is 5.33 Å². The summed E-state index contributed by atoms with van der Waals surface area (Å²) < 4.78 is 11.1. The number of rotatable bonds is 5. The lowest BCUT2D eigenvalue weighted by Gasteiger charge is -2.27. The molecular formula is C16H23BrO4. The molecule has 1 saturated carbocycles. The average Bonchev–Trinajstić information content (AvgIpc) is 2.70. The minimum absolute atomic E-state index is 0.0168. The Morgan fingerprint density at radius 3 is 2.62 bits per heavy atom. The summed E-state index contributed by atoms with van der Waals surface area (Å²) in [5, 5.41) is 0.320. The van der Waals surface area contributed by atoms with Crippen LogP contribution in [0.5, 0.6) is 0 Å². The van der Waals surface area contributed by atoms with Crippen LogP contribution in [-0.2, 0) is 19.1 Å². The molecule has 118 valence electrons. The largest absolute Gasteiger partial charge is 0.459 e. The van der Waals surface area contributed by atoms with E-state index in [1.54, 1.807) is 0 Å². The number of hydrogen-bond donors (Lipinski definition) is 0. The van der Waals surface area contributed by atoms with E-state index in [0.717, 1.165) is 32.1 Å². The van der Waals surface area contributed by atoms with Crippen LogP contribution in [0, 0.1) is 0 Å². The molecule has 0 saturated heterocycles. The van der Waals surface area contributed by atoms with Crippen LogP contribution >= 0.6 is 15.9 Å². The SMILES string of the molecule is CCCC1(C)OC(=O)C(CBr)=C1C(=O)OC1CCCCC1. The topological polar surface area (TPSA) is 52.6 Å². The fraction of sp³-hybridized carbons (Fsp3) is 0.750. The van der Waals surface area contributed by atoms with Gasteiger partial charge in [0.2, 0.25) is 0 Å². The second-order valence-electron chi connectivity index (χ2n) is 6.02. The van der Waals surface area contributed by atoms with E-state index in [1.165, 1.54) is 6.42 Å². The normalized spacial score (nSPS) is 26.9. The van der Waals surface area contributed by atoms with Crippen LogP contribution in [0.4, 0.5) is 0 Å². The molecule has 1 aliphatic carbocycles. The molecule has 0 amide bonds. The minimum atomic E-state index is -0.847. The predicted molar refractivity (Wildman–Crippen MR) is 83.2 cm³/mol. The number of esters is 2. The van der Waals surface area contributed by atoms with Crippen LogP contribution < -0.4 is 0 Å². The van der Waals surface area contributed by atoms with Gasteiger partial charge in [0.1, 0.15) is 11.7 Å².